The molecule has 2 aromatic carbocycles. The third kappa shape index (κ3) is 7.18. The largest absolute Gasteiger partial charge is 0.325 e. The number of amides is 2. The third-order valence-corrected chi connectivity index (χ3v) is 6.47. The SMILES string of the molecule is CCCCc1ccc(NC(=O)CSc2nnc(NC(=O)c3cc(C)cc(C)c3)s2)cc1. The highest BCUT2D eigenvalue weighted by Gasteiger charge is 2.13. The molecule has 0 saturated heterocycles. The van der Waals surface area contributed by atoms with Gasteiger partial charge in [0.2, 0.25) is 11.0 Å². The van der Waals surface area contributed by atoms with Crippen LogP contribution in [0.1, 0.15) is 46.8 Å². The Kier molecular flexibility index (Phi) is 8.20. The summed E-state index contributed by atoms with van der Waals surface area (Å²) in [7, 11) is 0. The number of thioether (sulfide) groups is 1. The van der Waals surface area contributed by atoms with Crippen molar-refractivity contribution in [2.24, 2.45) is 0 Å². The van der Waals surface area contributed by atoms with Gasteiger partial charge in [-0.05, 0) is 56.5 Å². The lowest BCUT2D eigenvalue weighted by molar-refractivity contribution is -0.113. The Balaban J connectivity index is 1.48. The minimum absolute atomic E-state index is 0.109. The summed E-state index contributed by atoms with van der Waals surface area (Å²) < 4.78 is 0.626. The number of aromatic nitrogens is 2. The van der Waals surface area contributed by atoms with E-state index in [9.17, 15) is 9.59 Å². The zero-order valence-corrected chi connectivity index (χ0v) is 19.5. The normalized spacial score (nSPS) is 10.7. The Labute approximate surface area is 190 Å². The highest BCUT2D eigenvalue weighted by atomic mass is 32.2. The molecule has 2 N–H and O–H groups in total. The number of unbranched alkanes of at least 4 members (excludes halogenated alkanes) is 1. The second kappa shape index (κ2) is 11.1. The van der Waals surface area contributed by atoms with Crippen LogP contribution in [0.25, 0.3) is 0 Å². The molecule has 0 aliphatic rings. The molecule has 0 aliphatic carbocycles. The van der Waals surface area contributed by atoms with Gasteiger partial charge in [-0.3, -0.25) is 14.9 Å². The molecular formula is C23H26N4O2S2. The number of aryl methyl sites for hydroxylation is 3. The number of carbonyl (C=O) groups excluding carboxylic acids is 2. The van der Waals surface area contributed by atoms with Crippen molar-refractivity contribution in [3.05, 3.63) is 64.7 Å². The van der Waals surface area contributed by atoms with Crippen LogP contribution in [0.15, 0.2) is 46.8 Å². The van der Waals surface area contributed by atoms with Crippen LogP contribution in [0.5, 0.6) is 0 Å². The van der Waals surface area contributed by atoms with Crippen LogP contribution in [0, 0.1) is 13.8 Å². The van der Waals surface area contributed by atoms with Gasteiger partial charge in [0.1, 0.15) is 0 Å². The monoisotopic (exact) mass is 454 g/mol. The lowest BCUT2D eigenvalue weighted by Crippen LogP contribution is -2.13. The van der Waals surface area contributed by atoms with Gasteiger partial charge < -0.3 is 5.32 Å². The van der Waals surface area contributed by atoms with Gasteiger partial charge >= 0.3 is 0 Å². The fourth-order valence-corrected chi connectivity index (χ4v) is 4.60. The Morgan fingerprint density at radius 2 is 1.71 bits per heavy atom. The van der Waals surface area contributed by atoms with Crippen LogP contribution in [0.3, 0.4) is 0 Å². The molecule has 0 bridgehead atoms. The van der Waals surface area contributed by atoms with Crippen molar-refractivity contribution < 1.29 is 9.59 Å². The van der Waals surface area contributed by atoms with Gasteiger partial charge in [0.15, 0.2) is 4.34 Å². The minimum atomic E-state index is -0.223. The van der Waals surface area contributed by atoms with Crippen molar-refractivity contribution >= 4 is 45.7 Å². The van der Waals surface area contributed by atoms with Crippen molar-refractivity contribution in [3.63, 3.8) is 0 Å². The topological polar surface area (TPSA) is 84.0 Å². The van der Waals surface area contributed by atoms with E-state index in [-0.39, 0.29) is 17.6 Å². The molecule has 3 rings (SSSR count). The molecule has 0 unspecified atom stereocenters. The fraction of sp³-hybridized carbons (Fsp3) is 0.304. The van der Waals surface area contributed by atoms with Crippen LogP contribution in [-0.4, -0.2) is 27.8 Å². The predicted octanol–water partition coefficient (Wildman–Crippen LogP) is 5.48. The number of hydrogen-bond donors (Lipinski definition) is 2. The molecule has 3 aromatic rings. The second-order valence-corrected chi connectivity index (χ2v) is 9.54. The fourth-order valence-electron chi connectivity index (χ4n) is 3.05. The van der Waals surface area contributed by atoms with Gasteiger partial charge in [0.25, 0.3) is 5.91 Å². The zero-order chi connectivity index (χ0) is 22.2. The molecule has 0 saturated carbocycles. The predicted molar refractivity (Wildman–Crippen MR) is 128 cm³/mol. The van der Waals surface area contributed by atoms with E-state index in [0.717, 1.165) is 36.1 Å². The minimum Gasteiger partial charge on any atom is -0.325 e. The average Bonchev–Trinajstić information content (AvgIpc) is 3.18. The number of carbonyl (C=O) groups is 2. The first kappa shape index (κ1) is 23.0. The van der Waals surface area contributed by atoms with E-state index >= 15 is 0 Å². The molecule has 6 nitrogen and oxygen atoms in total. The molecule has 0 spiro atoms. The summed E-state index contributed by atoms with van der Waals surface area (Å²) in [5.74, 6) is -0.112. The van der Waals surface area contributed by atoms with E-state index < -0.39 is 0 Å². The summed E-state index contributed by atoms with van der Waals surface area (Å²) in [6.07, 6.45) is 3.38. The molecule has 1 aromatic heterocycles. The van der Waals surface area contributed by atoms with Gasteiger partial charge in [0.05, 0.1) is 5.75 Å². The number of hydrogen-bond acceptors (Lipinski definition) is 6. The Morgan fingerprint density at radius 3 is 2.39 bits per heavy atom. The zero-order valence-electron chi connectivity index (χ0n) is 17.9. The van der Waals surface area contributed by atoms with Crippen molar-refractivity contribution in [3.8, 4) is 0 Å². The number of nitrogens with zero attached hydrogens (tertiary/aromatic N) is 2. The van der Waals surface area contributed by atoms with Crippen LogP contribution >= 0.6 is 23.1 Å². The van der Waals surface area contributed by atoms with Crippen LogP contribution < -0.4 is 10.6 Å². The summed E-state index contributed by atoms with van der Waals surface area (Å²) >= 11 is 2.54. The summed E-state index contributed by atoms with van der Waals surface area (Å²) in [4.78, 5) is 24.7. The van der Waals surface area contributed by atoms with Crippen molar-refractivity contribution in [2.45, 2.75) is 44.4 Å². The average molecular weight is 455 g/mol. The maximum atomic E-state index is 12.4. The van der Waals surface area contributed by atoms with Gasteiger partial charge in [-0.25, -0.2) is 0 Å². The second-order valence-electron chi connectivity index (χ2n) is 7.34. The number of rotatable bonds is 9. The van der Waals surface area contributed by atoms with Crippen LogP contribution in [-0.2, 0) is 11.2 Å². The standard InChI is InChI=1S/C23H26N4O2S2/c1-4-5-6-17-7-9-19(10-8-17)24-20(28)14-30-23-27-26-22(31-23)25-21(29)18-12-15(2)11-16(3)13-18/h7-13H,4-6,14H2,1-3H3,(H,24,28)(H,25,26,29). The maximum absolute atomic E-state index is 12.4. The summed E-state index contributed by atoms with van der Waals surface area (Å²) in [5.41, 5.74) is 4.70. The first-order valence-electron chi connectivity index (χ1n) is 10.2. The molecule has 2 amide bonds. The highest BCUT2D eigenvalue weighted by molar-refractivity contribution is 8.01. The molecule has 0 fully saturated rings. The van der Waals surface area contributed by atoms with Crippen LogP contribution in [0.4, 0.5) is 10.8 Å². The molecule has 0 atom stereocenters. The summed E-state index contributed by atoms with van der Waals surface area (Å²) in [6.45, 7) is 6.08. The lowest BCUT2D eigenvalue weighted by Gasteiger charge is -2.06. The third-order valence-electron chi connectivity index (χ3n) is 4.49. The Bertz CT molecular complexity index is 1030. The van der Waals surface area contributed by atoms with E-state index in [0.29, 0.717) is 15.0 Å². The van der Waals surface area contributed by atoms with E-state index in [1.54, 1.807) is 0 Å². The van der Waals surface area contributed by atoms with E-state index in [1.807, 2.05) is 56.3 Å². The van der Waals surface area contributed by atoms with E-state index in [2.05, 4.69) is 27.8 Å². The van der Waals surface area contributed by atoms with Gasteiger partial charge in [-0.2, -0.15) is 0 Å². The first-order chi connectivity index (χ1) is 14.9. The summed E-state index contributed by atoms with van der Waals surface area (Å²) in [5, 5.41) is 14.1. The van der Waals surface area contributed by atoms with E-state index in [4.69, 9.17) is 0 Å². The Hall–Kier alpha value is -2.71. The number of anilines is 2. The maximum Gasteiger partial charge on any atom is 0.257 e. The Morgan fingerprint density at radius 1 is 1.00 bits per heavy atom. The molecular weight excluding hydrogens is 428 g/mol. The van der Waals surface area contributed by atoms with Crippen molar-refractivity contribution in [2.75, 3.05) is 16.4 Å². The van der Waals surface area contributed by atoms with Crippen molar-refractivity contribution in [1.29, 1.82) is 0 Å². The lowest BCUT2D eigenvalue weighted by atomic mass is 10.1. The molecule has 162 valence electrons. The van der Waals surface area contributed by atoms with Crippen LogP contribution in [0.2, 0.25) is 0 Å². The number of benzene rings is 2. The van der Waals surface area contributed by atoms with Gasteiger partial charge in [-0.1, -0.05) is 65.8 Å². The molecule has 8 heteroatoms. The van der Waals surface area contributed by atoms with E-state index in [1.165, 1.54) is 28.7 Å². The molecule has 1 heterocycles. The first-order valence-corrected chi connectivity index (χ1v) is 12.0. The smallest absolute Gasteiger partial charge is 0.257 e. The van der Waals surface area contributed by atoms with Crippen molar-refractivity contribution in [1.82, 2.24) is 10.2 Å². The summed E-state index contributed by atoms with van der Waals surface area (Å²) in [6, 6.07) is 13.6. The van der Waals surface area contributed by atoms with Gasteiger partial charge in [-0.15, -0.1) is 10.2 Å². The number of nitrogens with one attached hydrogen (secondary N) is 2. The van der Waals surface area contributed by atoms with Gasteiger partial charge in [0, 0.05) is 11.3 Å². The molecule has 0 radical (unpaired) electrons. The molecule has 31 heavy (non-hydrogen) atoms. The highest BCUT2D eigenvalue weighted by Crippen LogP contribution is 2.26. The quantitative estimate of drug-likeness (QED) is 0.330. The molecule has 0 aliphatic heterocycles.